The minimum atomic E-state index is -0.721. The molecule has 13 heavy (non-hydrogen) atoms. The number of nitrogens with one attached hydrogen (secondary N) is 1. The molecular formula is C9H16ClNO2. The third kappa shape index (κ3) is 2.85. The average Bonchev–Trinajstić information content (AvgIpc) is 2.31. The van der Waals surface area contributed by atoms with Crippen molar-refractivity contribution in [2.24, 2.45) is 11.3 Å². The lowest BCUT2D eigenvalue weighted by atomic mass is 9.82. The molecule has 2 atom stereocenters. The molecule has 4 heteroatoms. The second-order valence-corrected chi connectivity index (χ2v) is 4.50. The van der Waals surface area contributed by atoms with Crippen molar-refractivity contribution in [3.63, 3.8) is 0 Å². The molecule has 0 spiro atoms. The van der Waals surface area contributed by atoms with E-state index in [1.165, 1.54) is 0 Å². The maximum absolute atomic E-state index is 10.7. The summed E-state index contributed by atoms with van der Waals surface area (Å²) in [6, 6.07) is 0. The molecule has 1 aliphatic carbocycles. The van der Waals surface area contributed by atoms with Gasteiger partial charge in [-0.05, 0) is 36.0 Å². The SMILES string of the molecule is C[C@@H]1CC[C@@](CNCl)(CC(=O)O)C1. The van der Waals surface area contributed by atoms with Gasteiger partial charge in [-0.25, -0.2) is 4.84 Å². The number of hydrogen-bond donors (Lipinski definition) is 2. The van der Waals surface area contributed by atoms with Gasteiger partial charge in [0.25, 0.3) is 0 Å². The monoisotopic (exact) mass is 205 g/mol. The Bertz CT molecular complexity index is 194. The highest BCUT2D eigenvalue weighted by Crippen LogP contribution is 2.43. The van der Waals surface area contributed by atoms with Crippen LogP contribution in [0.3, 0.4) is 0 Å². The second-order valence-electron chi connectivity index (χ2n) is 4.23. The maximum Gasteiger partial charge on any atom is 0.303 e. The van der Waals surface area contributed by atoms with Gasteiger partial charge in [0.2, 0.25) is 0 Å². The van der Waals surface area contributed by atoms with Gasteiger partial charge in [0.1, 0.15) is 0 Å². The quantitative estimate of drug-likeness (QED) is 0.691. The van der Waals surface area contributed by atoms with Crippen LogP contribution in [0.15, 0.2) is 0 Å². The largest absolute Gasteiger partial charge is 0.481 e. The minimum absolute atomic E-state index is 0.104. The number of carbonyl (C=O) groups is 1. The van der Waals surface area contributed by atoms with E-state index in [9.17, 15) is 4.79 Å². The molecule has 0 unspecified atom stereocenters. The molecule has 0 aromatic heterocycles. The maximum atomic E-state index is 10.7. The van der Waals surface area contributed by atoms with Crippen LogP contribution in [0.1, 0.15) is 32.6 Å². The third-order valence-electron chi connectivity index (χ3n) is 2.92. The standard InChI is InChI=1S/C9H16ClNO2/c1-7-2-3-9(4-7,6-11-10)5-8(12)13/h7,11H,2-6H2,1H3,(H,12,13)/t7-,9+/m1/s1. The van der Waals surface area contributed by atoms with E-state index in [2.05, 4.69) is 11.8 Å². The predicted molar refractivity (Wildman–Crippen MR) is 51.6 cm³/mol. The number of rotatable bonds is 4. The van der Waals surface area contributed by atoms with Crippen LogP contribution in [0.5, 0.6) is 0 Å². The van der Waals surface area contributed by atoms with Crippen molar-refractivity contribution in [3.8, 4) is 0 Å². The summed E-state index contributed by atoms with van der Waals surface area (Å²) in [5.41, 5.74) is -0.104. The lowest BCUT2D eigenvalue weighted by molar-refractivity contribution is -0.139. The van der Waals surface area contributed by atoms with Crippen LogP contribution in [0.25, 0.3) is 0 Å². The zero-order chi connectivity index (χ0) is 9.90. The van der Waals surface area contributed by atoms with E-state index in [4.69, 9.17) is 16.9 Å². The first-order chi connectivity index (χ1) is 6.08. The summed E-state index contributed by atoms with van der Waals surface area (Å²) in [4.78, 5) is 13.3. The van der Waals surface area contributed by atoms with Crippen molar-refractivity contribution in [2.45, 2.75) is 32.6 Å². The first-order valence-electron chi connectivity index (χ1n) is 4.63. The van der Waals surface area contributed by atoms with Crippen molar-refractivity contribution < 1.29 is 9.90 Å². The van der Waals surface area contributed by atoms with E-state index < -0.39 is 5.97 Å². The van der Waals surface area contributed by atoms with Crippen molar-refractivity contribution >= 4 is 17.7 Å². The lowest BCUT2D eigenvalue weighted by Gasteiger charge is -2.26. The van der Waals surface area contributed by atoms with Gasteiger partial charge in [-0.2, -0.15) is 0 Å². The van der Waals surface area contributed by atoms with E-state index in [-0.39, 0.29) is 11.8 Å². The molecule has 0 amide bonds. The van der Waals surface area contributed by atoms with Crippen molar-refractivity contribution in [1.29, 1.82) is 0 Å². The first-order valence-corrected chi connectivity index (χ1v) is 5.01. The molecule has 0 saturated heterocycles. The number of carboxylic acid groups (broad SMARTS) is 1. The summed E-state index contributed by atoms with van der Waals surface area (Å²) in [7, 11) is 0. The molecule has 1 saturated carbocycles. The average molecular weight is 206 g/mol. The molecule has 0 radical (unpaired) electrons. The highest BCUT2D eigenvalue weighted by molar-refractivity contribution is 6.13. The molecular weight excluding hydrogens is 190 g/mol. The highest BCUT2D eigenvalue weighted by Gasteiger charge is 2.38. The fraction of sp³-hybridized carbons (Fsp3) is 0.889. The van der Waals surface area contributed by atoms with Gasteiger partial charge >= 0.3 is 5.97 Å². The fourth-order valence-corrected chi connectivity index (χ4v) is 2.63. The second kappa shape index (κ2) is 4.29. The number of carboxylic acids is 1. The van der Waals surface area contributed by atoms with E-state index in [1.54, 1.807) is 0 Å². The Balaban J connectivity index is 2.59. The summed E-state index contributed by atoms with van der Waals surface area (Å²) < 4.78 is 0. The van der Waals surface area contributed by atoms with Gasteiger partial charge in [0.15, 0.2) is 0 Å². The first kappa shape index (κ1) is 10.8. The molecule has 0 aromatic carbocycles. The topological polar surface area (TPSA) is 49.3 Å². The van der Waals surface area contributed by atoms with Gasteiger partial charge < -0.3 is 5.11 Å². The zero-order valence-electron chi connectivity index (χ0n) is 7.85. The summed E-state index contributed by atoms with van der Waals surface area (Å²) in [5.74, 6) is -0.0922. The van der Waals surface area contributed by atoms with Crippen LogP contribution < -0.4 is 4.84 Å². The van der Waals surface area contributed by atoms with E-state index >= 15 is 0 Å². The van der Waals surface area contributed by atoms with Gasteiger partial charge in [-0.3, -0.25) is 4.79 Å². The number of hydrogen-bond acceptors (Lipinski definition) is 2. The zero-order valence-corrected chi connectivity index (χ0v) is 8.60. The third-order valence-corrected chi connectivity index (χ3v) is 3.05. The van der Waals surface area contributed by atoms with Crippen LogP contribution in [0.2, 0.25) is 0 Å². The number of aliphatic carboxylic acids is 1. The van der Waals surface area contributed by atoms with Crippen molar-refractivity contribution in [1.82, 2.24) is 4.84 Å². The summed E-state index contributed by atoms with van der Waals surface area (Å²) >= 11 is 5.46. The lowest BCUT2D eigenvalue weighted by Crippen LogP contribution is -2.30. The minimum Gasteiger partial charge on any atom is -0.481 e. The fourth-order valence-electron chi connectivity index (χ4n) is 2.34. The van der Waals surface area contributed by atoms with Gasteiger partial charge in [0.05, 0.1) is 6.42 Å². The molecule has 1 fully saturated rings. The molecule has 0 aliphatic heterocycles. The molecule has 0 bridgehead atoms. The van der Waals surface area contributed by atoms with Gasteiger partial charge in [-0.1, -0.05) is 13.3 Å². The normalized spacial score (nSPS) is 33.5. The molecule has 2 N–H and O–H groups in total. The van der Waals surface area contributed by atoms with E-state index in [0.717, 1.165) is 19.3 Å². The van der Waals surface area contributed by atoms with E-state index in [0.29, 0.717) is 12.5 Å². The van der Waals surface area contributed by atoms with Crippen molar-refractivity contribution in [2.75, 3.05) is 6.54 Å². The Hall–Kier alpha value is -0.280. The van der Waals surface area contributed by atoms with Crippen LogP contribution in [-0.2, 0) is 4.79 Å². The Kier molecular flexibility index (Phi) is 3.56. The van der Waals surface area contributed by atoms with Crippen LogP contribution >= 0.6 is 11.8 Å². The van der Waals surface area contributed by atoms with E-state index in [1.807, 2.05) is 0 Å². The summed E-state index contributed by atoms with van der Waals surface area (Å²) in [6.45, 7) is 2.77. The van der Waals surface area contributed by atoms with Crippen molar-refractivity contribution in [3.05, 3.63) is 0 Å². The Labute approximate surface area is 83.6 Å². The molecule has 1 rings (SSSR count). The van der Waals surface area contributed by atoms with Crippen LogP contribution in [0, 0.1) is 11.3 Å². The number of halogens is 1. The molecule has 76 valence electrons. The smallest absolute Gasteiger partial charge is 0.303 e. The summed E-state index contributed by atoms with van der Waals surface area (Å²) in [5, 5.41) is 8.78. The van der Waals surface area contributed by atoms with Gasteiger partial charge in [-0.15, -0.1) is 0 Å². The van der Waals surface area contributed by atoms with Crippen LogP contribution in [-0.4, -0.2) is 17.6 Å². The molecule has 1 aliphatic rings. The van der Waals surface area contributed by atoms with Crippen LogP contribution in [0.4, 0.5) is 0 Å². The molecule has 0 aromatic rings. The highest BCUT2D eigenvalue weighted by atomic mass is 35.5. The predicted octanol–water partition coefficient (Wildman–Crippen LogP) is 2.01. The molecule has 0 heterocycles. The molecule has 3 nitrogen and oxygen atoms in total. The van der Waals surface area contributed by atoms with Gasteiger partial charge in [0, 0.05) is 6.54 Å². The Morgan fingerprint density at radius 1 is 1.77 bits per heavy atom. The Morgan fingerprint density at radius 2 is 2.46 bits per heavy atom. The Morgan fingerprint density at radius 3 is 2.85 bits per heavy atom. The summed E-state index contributed by atoms with van der Waals surface area (Å²) in [6.07, 6.45) is 3.29.